The van der Waals surface area contributed by atoms with Crippen LogP contribution < -0.4 is 11.3 Å². The number of amides is 1. The Hall–Kier alpha value is -1.66. The number of hydrazine groups is 1. The fourth-order valence-corrected chi connectivity index (χ4v) is 2.30. The molecule has 3 N–H and O–H groups in total. The number of carbonyl (C=O) groups is 1. The predicted molar refractivity (Wildman–Crippen MR) is 74.8 cm³/mol. The molecule has 1 fully saturated rings. The van der Waals surface area contributed by atoms with Gasteiger partial charge in [-0.05, 0) is 39.1 Å². The molecule has 0 atom stereocenters. The first kappa shape index (κ1) is 13.8. The zero-order chi connectivity index (χ0) is 13.8. The highest BCUT2D eigenvalue weighted by Gasteiger charge is 2.19. The van der Waals surface area contributed by atoms with E-state index in [-0.39, 0.29) is 5.91 Å². The van der Waals surface area contributed by atoms with Crippen molar-refractivity contribution >= 4 is 11.7 Å². The Morgan fingerprint density at radius 2 is 2.11 bits per heavy atom. The van der Waals surface area contributed by atoms with E-state index < -0.39 is 0 Å². The molecule has 1 aromatic rings. The summed E-state index contributed by atoms with van der Waals surface area (Å²) in [4.78, 5) is 20.8. The van der Waals surface area contributed by atoms with Gasteiger partial charge in [0.25, 0.3) is 5.91 Å². The first-order valence-corrected chi connectivity index (χ1v) is 6.53. The van der Waals surface area contributed by atoms with Crippen molar-refractivity contribution in [2.75, 3.05) is 38.7 Å². The van der Waals surface area contributed by atoms with Gasteiger partial charge in [0.2, 0.25) is 0 Å². The van der Waals surface area contributed by atoms with Crippen molar-refractivity contribution in [3.63, 3.8) is 0 Å². The molecule has 1 saturated heterocycles. The van der Waals surface area contributed by atoms with Crippen molar-refractivity contribution in [3.8, 4) is 0 Å². The molecule has 1 aliphatic heterocycles. The van der Waals surface area contributed by atoms with Crippen LogP contribution in [0.2, 0.25) is 0 Å². The van der Waals surface area contributed by atoms with Gasteiger partial charge in [-0.15, -0.1) is 0 Å². The van der Waals surface area contributed by atoms with Gasteiger partial charge in [-0.25, -0.2) is 10.8 Å². The molecule has 6 heteroatoms. The van der Waals surface area contributed by atoms with Crippen molar-refractivity contribution in [3.05, 3.63) is 23.4 Å². The Morgan fingerprint density at radius 3 is 2.84 bits per heavy atom. The second-order valence-electron chi connectivity index (χ2n) is 4.98. The zero-order valence-corrected chi connectivity index (χ0v) is 11.5. The largest absolute Gasteiger partial charge is 0.337 e. The summed E-state index contributed by atoms with van der Waals surface area (Å²) in [5.41, 5.74) is 3.92. The lowest BCUT2D eigenvalue weighted by molar-refractivity contribution is 0.0762. The summed E-state index contributed by atoms with van der Waals surface area (Å²) in [6.07, 6.45) is 1.01. The van der Waals surface area contributed by atoms with E-state index >= 15 is 0 Å². The Balaban J connectivity index is 2.16. The monoisotopic (exact) mass is 263 g/mol. The van der Waals surface area contributed by atoms with Crippen LogP contribution in [0.15, 0.2) is 12.1 Å². The molecule has 0 unspecified atom stereocenters. The highest BCUT2D eigenvalue weighted by Crippen LogP contribution is 2.13. The maximum atomic E-state index is 12.5. The first-order chi connectivity index (χ1) is 9.10. The predicted octanol–water partition coefficient (Wildman–Crippen LogP) is 0.453. The number of rotatable bonds is 2. The molecule has 0 aromatic carbocycles. The lowest BCUT2D eigenvalue weighted by atomic mass is 10.2. The third-order valence-electron chi connectivity index (χ3n) is 3.35. The molecule has 1 aliphatic rings. The third kappa shape index (κ3) is 3.42. The fourth-order valence-electron chi connectivity index (χ4n) is 2.30. The van der Waals surface area contributed by atoms with Crippen LogP contribution in [0.3, 0.4) is 0 Å². The van der Waals surface area contributed by atoms with Gasteiger partial charge in [0.1, 0.15) is 5.82 Å². The molecule has 6 nitrogen and oxygen atoms in total. The summed E-state index contributed by atoms with van der Waals surface area (Å²) in [5, 5.41) is 0. The second kappa shape index (κ2) is 5.99. The normalized spacial score (nSPS) is 17.1. The number of pyridine rings is 1. The average molecular weight is 263 g/mol. The van der Waals surface area contributed by atoms with Crippen LogP contribution in [-0.4, -0.2) is 53.9 Å². The number of hydrogen-bond acceptors (Lipinski definition) is 5. The maximum absolute atomic E-state index is 12.5. The Kier molecular flexibility index (Phi) is 4.34. The van der Waals surface area contributed by atoms with Crippen molar-refractivity contribution in [2.45, 2.75) is 13.3 Å². The summed E-state index contributed by atoms with van der Waals surface area (Å²) < 4.78 is 0. The minimum atomic E-state index is 0.0531. The van der Waals surface area contributed by atoms with Crippen LogP contribution in [0, 0.1) is 6.92 Å². The number of aryl methyl sites for hydroxylation is 1. The van der Waals surface area contributed by atoms with Gasteiger partial charge < -0.3 is 15.2 Å². The van der Waals surface area contributed by atoms with Gasteiger partial charge in [-0.2, -0.15) is 0 Å². The van der Waals surface area contributed by atoms with Gasteiger partial charge in [0.15, 0.2) is 0 Å². The van der Waals surface area contributed by atoms with Crippen LogP contribution in [0.25, 0.3) is 0 Å². The molecular formula is C13H21N5O. The molecule has 2 heterocycles. The maximum Gasteiger partial charge on any atom is 0.254 e. The number of aromatic nitrogens is 1. The summed E-state index contributed by atoms with van der Waals surface area (Å²) >= 11 is 0. The number of hydrogen-bond donors (Lipinski definition) is 2. The van der Waals surface area contributed by atoms with Crippen LogP contribution in [0.1, 0.15) is 22.5 Å². The highest BCUT2D eigenvalue weighted by molar-refractivity contribution is 5.95. The number of nitrogen functional groups attached to an aromatic ring is 1. The molecule has 0 aliphatic carbocycles. The van der Waals surface area contributed by atoms with Crippen molar-refractivity contribution in [1.29, 1.82) is 0 Å². The smallest absolute Gasteiger partial charge is 0.254 e. The van der Waals surface area contributed by atoms with E-state index in [9.17, 15) is 4.79 Å². The van der Waals surface area contributed by atoms with Gasteiger partial charge in [0.05, 0.1) is 0 Å². The van der Waals surface area contributed by atoms with E-state index in [2.05, 4.69) is 22.4 Å². The van der Waals surface area contributed by atoms with Crippen LogP contribution in [-0.2, 0) is 0 Å². The third-order valence-corrected chi connectivity index (χ3v) is 3.35. The van der Waals surface area contributed by atoms with E-state index in [1.165, 1.54) is 0 Å². The van der Waals surface area contributed by atoms with Gasteiger partial charge >= 0.3 is 0 Å². The van der Waals surface area contributed by atoms with E-state index in [1.807, 2.05) is 11.8 Å². The van der Waals surface area contributed by atoms with Gasteiger partial charge in [-0.3, -0.25) is 4.79 Å². The van der Waals surface area contributed by atoms with Gasteiger partial charge in [0, 0.05) is 30.9 Å². The summed E-state index contributed by atoms with van der Waals surface area (Å²) in [5.74, 6) is 5.94. The summed E-state index contributed by atoms with van der Waals surface area (Å²) in [6.45, 7) is 5.37. The molecule has 2 rings (SSSR count). The summed E-state index contributed by atoms with van der Waals surface area (Å²) in [7, 11) is 2.08. The molecule has 0 bridgehead atoms. The standard InChI is InChI=1S/C13H21N5O/c1-10-8-11(9-12(15-10)16-14)13(19)18-5-3-4-17(2)6-7-18/h8-9H,3-7,14H2,1-2H3,(H,15,16). The lowest BCUT2D eigenvalue weighted by Crippen LogP contribution is -2.34. The molecule has 0 spiro atoms. The number of likely N-dealkylation sites (N-methyl/N-ethyl adjacent to an activating group) is 1. The van der Waals surface area contributed by atoms with Crippen molar-refractivity contribution in [2.24, 2.45) is 5.84 Å². The SMILES string of the molecule is Cc1cc(C(=O)N2CCCN(C)CC2)cc(NN)n1. The molecule has 104 valence electrons. The van der Waals surface area contributed by atoms with E-state index in [0.29, 0.717) is 11.4 Å². The number of nitrogens with zero attached hydrogens (tertiary/aromatic N) is 3. The Labute approximate surface area is 113 Å². The highest BCUT2D eigenvalue weighted by atomic mass is 16.2. The number of anilines is 1. The quantitative estimate of drug-likeness (QED) is 0.599. The Bertz CT molecular complexity index is 462. The summed E-state index contributed by atoms with van der Waals surface area (Å²) in [6, 6.07) is 3.50. The molecule has 0 radical (unpaired) electrons. The fraction of sp³-hybridized carbons (Fsp3) is 0.538. The molecular weight excluding hydrogens is 242 g/mol. The molecule has 19 heavy (non-hydrogen) atoms. The number of nitrogens with one attached hydrogen (secondary N) is 1. The van der Waals surface area contributed by atoms with Crippen LogP contribution in [0.5, 0.6) is 0 Å². The van der Waals surface area contributed by atoms with Crippen LogP contribution in [0.4, 0.5) is 5.82 Å². The van der Waals surface area contributed by atoms with Gasteiger partial charge in [-0.1, -0.05) is 0 Å². The zero-order valence-electron chi connectivity index (χ0n) is 11.5. The average Bonchev–Trinajstić information content (AvgIpc) is 2.62. The molecule has 1 amide bonds. The van der Waals surface area contributed by atoms with E-state index in [1.54, 1.807) is 12.1 Å². The van der Waals surface area contributed by atoms with Crippen molar-refractivity contribution < 1.29 is 4.79 Å². The lowest BCUT2D eigenvalue weighted by Gasteiger charge is -2.21. The van der Waals surface area contributed by atoms with E-state index in [0.717, 1.165) is 38.3 Å². The second-order valence-corrected chi connectivity index (χ2v) is 4.98. The minimum absolute atomic E-state index is 0.0531. The Morgan fingerprint density at radius 1 is 1.32 bits per heavy atom. The molecule has 0 saturated carbocycles. The topological polar surface area (TPSA) is 74.5 Å². The van der Waals surface area contributed by atoms with Crippen molar-refractivity contribution in [1.82, 2.24) is 14.8 Å². The van der Waals surface area contributed by atoms with E-state index in [4.69, 9.17) is 5.84 Å². The molecule has 1 aromatic heterocycles. The first-order valence-electron chi connectivity index (χ1n) is 6.53. The number of carbonyl (C=O) groups excluding carboxylic acids is 1. The minimum Gasteiger partial charge on any atom is -0.337 e. The number of nitrogens with two attached hydrogens (primary N) is 1. The van der Waals surface area contributed by atoms with Crippen LogP contribution >= 0.6 is 0 Å².